The summed E-state index contributed by atoms with van der Waals surface area (Å²) in [6, 6.07) is 15.1. The van der Waals surface area contributed by atoms with Gasteiger partial charge in [-0.05, 0) is 12.1 Å². The van der Waals surface area contributed by atoms with Crippen molar-refractivity contribution in [2.24, 2.45) is 0 Å². The largest absolute Gasteiger partial charge is 0.463 e. The molecular weight excluding hydrogens is 516 g/mol. The van der Waals surface area contributed by atoms with Gasteiger partial charge in [-0.1, -0.05) is 36.4 Å². The molecule has 0 amide bonds. The summed E-state index contributed by atoms with van der Waals surface area (Å²) < 4.78 is 34.2. The van der Waals surface area contributed by atoms with Gasteiger partial charge in [-0.25, -0.2) is 0 Å². The number of carbonyl (C=O) groups excluding carboxylic acids is 4. The van der Waals surface area contributed by atoms with E-state index in [4.69, 9.17) is 28.4 Å². The number of hydrogen-bond acceptors (Lipinski definition) is 11. The highest BCUT2D eigenvalue weighted by molar-refractivity contribution is 8.00. The van der Waals surface area contributed by atoms with Crippen LogP contribution in [0.5, 0.6) is 11.5 Å². The fourth-order valence-electron chi connectivity index (χ4n) is 4.45. The highest BCUT2D eigenvalue weighted by atomic mass is 32.2. The molecule has 5 atom stereocenters. The number of carbonyl (C=O) groups is 4. The van der Waals surface area contributed by atoms with Gasteiger partial charge in [-0.2, -0.15) is 0 Å². The summed E-state index contributed by atoms with van der Waals surface area (Å²) in [7, 11) is 0. The van der Waals surface area contributed by atoms with Crippen LogP contribution >= 0.6 is 11.8 Å². The summed E-state index contributed by atoms with van der Waals surface area (Å²) in [6.07, 6.45) is -4.59. The topological polar surface area (TPSA) is 124 Å². The molecule has 0 N–H and O–H groups in total. The molecule has 0 radical (unpaired) electrons. The van der Waals surface area contributed by atoms with Gasteiger partial charge in [0.25, 0.3) is 0 Å². The first kappa shape index (κ1) is 27.5. The van der Waals surface area contributed by atoms with Crippen molar-refractivity contribution >= 4 is 35.6 Å². The molecular formula is C27H28O10S. The molecule has 1 saturated heterocycles. The molecule has 0 aliphatic carbocycles. The van der Waals surface area contributed by atoms with E-state index < -0.39 is 53.7 Å². The third-order valence-electron chi connectivity index (χ3n) is 5.84. The molecule has 0 spiro atoms. The maximum absolute atomic E-state index is 12.2. The smallest absolute Gasteiger partial charge is 0.303 e. The number of ether oxygens (including phenoxy) is 6. The molecule has 0 unspecified atom stereocenters. The molecule has 2 aromatic rings. The first-order valence-electron chi connectivity index (χ1n) is 12.0. The Morgan fingerprint density at radius 2 is 1.21 bits per heavy atom. The Morgan fingerprint density at radius 3 is 1.74 bits per heavy atom. The minimum absolute atomic E-state index is 0.282. The van der Waals surface area contributed by atoms with Crippen LogP contribution in [0.1, 0.15) is 44.1 Å². The van der Waals surface area contributed by atoms with Gasteiger partial charge < -0.3 is 28.4 Å². The molecule has 38 heavy (non-hydrogen) atoms. The fourth-order valence-corrected chi connectivity index (χ4v) is 5.97. The van der Waals surface area contributed by atoms with Crippen molar-refractivity contribution in [1.82, 2.24) is 0 Å². The minimum atomic E-state index is -1.22. The van der Waals surface area contributed by atoms with Crippen LogP contribution in [0.25, 0.3) is 0 Å². The van der Waals surface area contributed by atoms with E-state index in [0.29, 0.717) is 11.5 Å². The van der Waals surface area contributed by atoms with Crippen LogP contribution in [0.2, 0.25) is 0 Å². The van der Waals surface area contributed by atoms with Gasteiger partial charge in [0.05, 0.1) is 5.25 Å². The Morgan fingerprint density at radius 1 is 0.711 bits per heavy atom. The minimum Gasteiger partial charge on any atom is -0.463 e. The lowest BCUT2D eigenvalue weighted by Crippen LogP contribution is -2.61. The molecule has 11 heteroatoms. The standard InChI is InChI=1S/C27H28O10S/c1-14(28)32-13-22-23(33-15(2)29)24(34-16(3)30)25(35-17(4)31)27(37-22)38-26-18-9-5-7-11-20(18)36-21-12-8-6-10-19(21)26/h5-12,22-27H,13H2,1-4H3/t22-,23-,24+,25+,27-/m1/s1. The summed E-state index contributed by atoms with van der Waals surface area (Å²) >= 11 is 1.31. The van der Waals surface area contributed by atoms with E-state index in [9.17, 15) is 19.2 Å². The Labute approximate surface area is 223 Å². The number of fused-ring (bicyclic) bond motifs is 2. The fraction of sp³-hybridized carbons (Fsp3) is 0.407. The number of hydrogen-bond donors (Lipinski definition) is 0. The summed E-state index contributed by atoms with van der Waals surface area (Å²) in [5.41, 5.74) is 0.813. The molecule has 202 valence electrons. The number of rotatable bonds is 7. The van der Waals surface area contributed by atoms with E-state index >= 15 is 0 Å². The Balaban J connectivity index is 1.76. The highest BCUT2D eigenvalue weighted by Crippen LogP contribution is 2.52. The summed E-state index contributed by atoms with van der Waals surface area (Å²) in [6.45, 7) is 4.55. The zero-order valence-electron chi connectivity index (χ0n) is 21.3. The van der Waals surface area contributed by atoms with E-state index in [-0.39, 0.29) is 11.9 Å². The van der Waals surface area contributed by atoms with Crippen molar-refractivity contribution in [3.05, 3.63) is 59.7 Å². The van der Waals surface area contributed by atoms with Crippen molar-refractivity contribution < 1.29 is 47.6 Å². The van der Waals surface area contributed by atoms with E-state index in [1.165, 1.54) is 39.5 Å². The third-order valence-corrected chi connectivity index (χ3v) is 7.27. The third kappa shape index (κ3) is 6.28. The van der Waals surface area contributed by atoms with Crippen molar-refractivity contribution in [3.63, 3.8) is 0 Å². The van der Waals surface area contributed by atoms with Crippen molar-refractivity contribution in [3.8, 4) is 11.5 Å². The van der Waals surface area contributed by atoms with Gasteiger partial charge in [0.1, 0.15) is 29.6 Å². The Hall–Kier alpha value is -3.57. The monoisotopic (exact) mass is 544 g/mol. The molecule has 1 fully saturated rings. The predicted molar refractivity (Wildman–Crippen MR) is 134 cm³/mol. The van der Waals surface area contributed by atoms with Crippen LogP contribution < -0.4 is 4.74 Å². The number of benzene rings is 2. The van der Waals surface area contributed by atoms with Crippen LogP contribution in [0.3, 0.4) is 0 Å². The van der Waals surface area contributed by atoms with E-state index in [0.717, 1.165) is 11.1 Å². The highest BCUT2D eigenvalue weighted by Gasteiger charge is 2.53. The van der Waals surface area contributed by atoms with E-state index in [1.54, 1.807) is 0 Å². The quantitative estimate of drug-likeness (QED) is 0.374. The maximum Gasteiger partial charge on any atom is 0.303 e. The van der Waals surface area contributed by atoms with Crippen LogP contribution in [0, 0.1) is 0 Å². The average Bonchev–Trinajstić information content (AvgIpc) is 2.85. The predicted octanol–water partition coefficient (Wildman–Crippen LogP) is 3.70. The number of thioether (sulfide) groups is 1. The summed E-state index contributed by atoms with van der Waals surface area (Å²) in [4.78, 5) is 47.9. The Bertz CT molecular complexity index is 1170. The Kier molecular flexibility index (Phi) is 8.58. The van der Waals surface area contributed by atoms with Crippen molar-refractivity contribution in [2.45, 2.75) is 62.8 Å². The van der Waals surface area contributed by atoms with Crippen molar-refractivity contribution in [1.29, 1.82) is 0 Å². The maximum atomic E-state index is 12.2. The molecule has 10 nitrogen and oxygen atoms in total. The normalized spacial score (nSPS) is 24.2. The van der Waals surface area contributed by atoms with E-state index in [2.05, 4.69) is 0 Å². The van der Waals surface area contributed by atoms with Gasteiger partial charge in [-0.15, -0.1) is 11.8 Å². The van der Waals surface area contributed by atoms with E-state index in [1.807, 2.05) is 48.5 Å². The first-order chi connectivity index (χ1) is 18.1. The van der Waals surface area contributed by atoms with Crippen LogP contribution in [-0.2, 0) is 42.9 Å². The zero-order valence-corrected chi connectivity index (χ0v) is 22.1. The van der Waals surface area contributed by atoms with Crippen molar-refractivity contribution in [2.75, 3.05) is 6.61 Å². The second-order valence-electron chi connectivity index (χ2n) is 8.76. The zero-order chi connectivity index (χ0) is 27.4. The molecule has 0 aromatic heterocycles. The molecule has 4 rings (SSSR count). The number of esters is 4. The SMILES string of the molecule is CC(=O)OC[C@H]1O[C@H](SC2c3ccccc3Oc3ccccc32)[C@@H](OC(C)=O)[C@@H](OC(C)=O)[C@@H]1OC(C)=O. The molecule has 2 aliphatic rings. The summed E-state index contributed by atoms with van der Waals surface area (Å²) in [5, 5.41) is -0.322. The average molecular weight is 545 g/mol. The molecule has 2 aromatic carbocycles. The van der Waals surface area contributed by atoms with Crippen LogP contribution in [-0.4, -0.2) is 60.3 Å². The molecule has 2 aliphatic heterocycles. The lowest BCUT2D eigenvalue weighted by atomic mass is 9.99. The number of para-hydroxylation sites is 2. The lowest BCUT2D eigenvalue weighted by molar-refractivity contribution is -0.237. The molecule has 2 heterocycles. The van der Waals surface area contributed by atoms with Gasteiger partial charge in [0, 0.05) is 38.8 Å². The van der Waals surface area contributed by atoms with Crippen LogP contribution in [0.4, 0.5) is 0 Å². The molecule has 0 bridgehead atoms. The second-order valence-corrected chi connectivity index (χ2v) is 9.97. The van der Waals surface area contributed by atoms with Gasteiger partial charge in [-0.3, -0.25) is 19.2 Å². The van der Waals surface area contributed by atoms with Gasteiger partial charge in [0.2, 0.25) is 0 Å². The molecule has 0 saturated carbocycles. The lowest BCUT2D eigenvalue weighted by Gasteiger charge is -2.45. The second kappa shape index (κ2) is 11.9. The van der Waals surface area contributed by atoms with Gasteiger partial charge >= 0.3 is 23.9 Å². The first-order valence-corrected chi connectivity index (χ1v) is 12.9. The summed E-state index contributed by atoms with van der Waals surface area (Å²) in [5.74, 6) is -1.25. The van der Waals surface area contributed by atoms with Gasteiger partial charge in [0.15, 0.2) is 18.3 Å². The van der Waals surface area contributed by atoms with Crippen LogP contribution in [0.15, 0.2) is 48.5 Å².